The van der Waals surface area contributed by atoms with Crippen LogP contribution in [0.15, 0.2) is 35.7 Å². The monoisotopic (exact) mass is 247 g/mol. The van der Waals surface area contributed by atoms with E-state index in [4.69, 9.17) is 0 Å². The third-order valence-electron chi connectivity index (χ3n) is 2.94. The van der Waals surface area contributed by atoms with Crippen molar-refractivity contribution in [2.45, 2.75) is 12.3 Å². The van der Waals surface area contributed by atoms with E-state index in [1.54, 1.807) is 17.4 Å². The molecule has 0 aliphatic carbocycles. The normalized spacial score (nSPS) is 18.6. The Balaban J connectivity index is 2.13. The van der Waals surface area contributed by atoms with Gasteiger partial charge in [-0.3, -0.25) is 4.79 Å². The Morgan fingerprint density at radius 3 is 3.00 bits per heavy atom. The van der Waals surface area contributed by atoms with Crippen molar-refractivity contribution in [1.82, 2.24) is 0 Å². The molecular weight excluding hydrogens is 237 g/mol. The van der Waals surface area contributed by atoms with Gasteiger partial charge in [0.2, 0.25) is 5.91 Å². The Bertz CT molecular complexity index is 565. The van der Waals surface area contributed by atoms with Crippen LogP contribution in [0, 0.1) is 5.82 Å². The fourth-order valence-electron chi connectivity index (χ4n) is 2.18. The lowest BCUT2D eigenvalue weighted by atomic mass is 9.89. The van der Waals surface area contributed by atoms with Crippen LogP contribution >= 0.6 is 11.3 Å². The maximum absolute atomic E-state index is 13.3. The second kappa shape index (κ2) is 3.96. The number of amides is 1. The van der Waals surface area contributed by atoms with E-state index < -0.39 is 0 Å². The fraction of sp³-hybridized carbons (Fsp3) is 0.154. The topological polar surface area (TPSA) is 29.1 Å². The molecule has 1 aliphatic heterocycles. The zero-order valence-electron chi connectivity index (χ0n) is 8.94. The standard InChI is InChI=1S/C13H10FNOS/c14-8-3-4-11-9(6-8)10(7-13(16)15-11)12-2-1-5-17-12/h1-6,10H,7H2,(H,15,16). The van der Waals surface area contributed by atoms with Gasteiger partial charge < -0.3 is 5.32 Å². The maximum Gasteiger partial charge on any atom is 0.225 e. The fourth-order valence-corrected chi connectivity index (χ4v) is 3.02. The van der Waals surface area contributed by atoms with Crippen LogP contribution in [0.3, 0.4) is 0 Å². The number of rotatable bonds is 1. The van der Waals surface area contributed by atoms with Crippen molar-refractivity contribution in [2.75, 3.05) is 5.32 Å². The van der Waals surface area contributed by atoms with E-state index in [9.17, 15) is 9.18 Å². The van der Waals surface area contributed by atoms with E-state index in [-0.39, 0.29) is 17.6 Å². The Hall–Kier alpha value is -1.68. The van der Waals surface area contributed by atoms with Crippen LogP contribution in [0.2, 0.25) is 0 Å². The number of benzene rings is 1. The molecule has 1 aromatic carbocycles. The summed E-state index contributed by atoms with van der Waals surface area (Å²) in [6.07, 6.45) is 0.386. The number of thiophene rings is 1. The van der Waals surface area contributed by atoms with Crippen LogP contribution in [0.5, 0.6) is 0 Å². The average Bonchev–Trinajstić information content (AvgIpc) is 2.82. The van der Waals surface area contributed by atoms with Crippen molar-refractivity contribution in [3.63, 3.8) is 0 Å². The Morgan fingerprint density at radius 1 is 1.35 bits per heavy atom. The molecule has 0 fully saturated rings. The zero-order chi connectivity index (χ0) is 11.8. The third kappa shape index (κ3) is 1.85. The smallest absolute Gasteiger partial charge is 0.225 e. The highest BCUT2D eigenvalue weighted by atomic mass is 32.1. The van der Waals surface area contributed by atoms with Crippen LogP contribution in [0.1, 0.15) is 22.8 Å². The lowest BCUT2D eigenvalue weighted by molar-refractivity contribution is -0.116. The molecule has 2 nitrogen and oxygen atoms in total. The van der Waals surface area contributed by atoms with Crippen LogP contribution in [-0.2, 0) is 4.79 Å². The van der Waals surface area contributed by atoms with Crippen LogP contribution in [-0.4, -0.2) is 5.91 Å². The molecule has 0 spiro atoms. The SMILES string of the molecule is O=C1CC(c2cccs2)c2cc(F)ccc2N1. The van der Waals surface area contributed by atoms with Gasteiger partial charge in [-0.05, 0) is 35.2 Å². The van der Waals surface area contributed by atoms with Crippen molar-refractivity contribution in [3.8, 4) is 0 Å². The van der Waals surface area contributed by atoms with Gasteiger partial charge in [-0.2, -0.15) is 0 Å². The molecule has 86 valence electrons. The Morgan fingerprint density at radius 2 is 2.24 bits per heavy atom. The molecule has 1 aromatic heterocycles. The third-order valence-corrected chi connectivity index (χ3v) is 3.93. The number of anilines is 1. The van der Waals surface area contributed by atoms with E-state index >= 15 is 0 Å². The Kier molecular flexibility index (Phi) is 2.44. The summed E-state index contributed by atoms with van der Waals surface area (Å²) in [7, 11) is 0. The van der Waals surface area contributed by atoms with E-state index in [0.717, 1.165) is 16.1 Å². The van der Waals surface area contributed by atoms with E-state index in [1.165, 1.54) is 12.1 Å². The molecule has 4 heteroatoms. The second-order valence-corrected chi connectivity index (χ2v) is 5.03. The molecule has 1 unspecified atom stereocenters. The highest BCUT2D eigenvalue weighted by Gasteiger charge is 2.27. The summed E-state index contributed by atoms with van der Waals surface area (Å²) in [6, 6.07) is 8.45. The van der Waals surface area contributed by atoms with Gasteiger partial charge in [-0.25, -0.2) is 4.39 Å². The molecule has 17 heavy (non-hydrogen) atoms. The highest BCUT2D eigenvalue weighted by molar-refractivity contribution is 7.10. The molecule has 3 rings (SSSR count). The van der Waals surface area contributed by atoms with Crippen LogP contribution in [0.25, 0.3) is 0 Å². The molecule has 2 heterocycles. The number of carbonyl (C=O) groups is 1. The number of halogens is 1. The van der Waals surface area contributed by atoms with Crippen molar-refractivity contribution in [3.05, 3.63) is 52.0 Å². The van der Waals surface area contributed by atoms with Gasteiger partial charge in [0.1, 0.15) is 5.82 Å². The quantitative estimate of drug-likeness (QED) is 0.822. The number of hydrogen-bond acceptors (Lipinski definition) is 2. The molecule has 0 radical (unpaired) electrons. The summed E-state index contributed by atoms with van der Waals surface area (Å²) in [5, 5.41) is 4.75. The molecule has 0 bridgehead atoms. The first-order valence-electron chi connectivity index (χ1n) is 5.37. The minimum Gasteiger partial charge on any atom is -0.326 e. The summed E-state index contributed by atoms with van der Waals surface area (Å²) in [5.41, 5.74) is 1.59. The van der Waals surface area contributed by atoms with Gasteiger partial charge in [0.25, 0.3) is 0 Å². The lowest BCUT2D eigenvalue weighted by Gasteiger charge is -2.24. The van der Waals surface area contributed by atoms with Crippen LogP contribution < -0.4 is 5.32 Å². The summed E-state index contributed by atoms with van der Waals surface area (Å²) >= 11 is 1.60. The predicted molar refractivity (Wildman–Crippen MR) is 65.8 cm³/mol. The average molecular weight is 247 g/mol. The molecule has 0 saturated carbocycles. The molecule has 1 amide bonds. The van der Waals surface area contributed by atoms with Gasteiger partial charge in [-0.15, -0.1) is 11.3 Å². The summed E-state index contributed by atoms with van der Waals surface area (Å²) in [6.45, 7) is 0. The molecule has 1 aliphatic rings. The summed E-state index contributed by atoms with van der Waals surface area (Å²) in [4.78, 5) is 12.7. The van der Waals surface area contributed by atoms with Gasteiger partial charge in [0, 0.05) is 22.9 Å². The lowest BCUT2D eigenvalue weighted by Crippen LogP contribution is -2.23. The predicted octanol–water partition coefficient (Wildman–Crippen LogP) is 3.36. The van der Waals surface area contributed by atoms with Gasteiger partial charge in [-0.1, -0.05) is 6.07 Å². The van der Waals surface area contributed by atoms with E-state index in [2.05, 4.69) is 5.32 Å². The summed E-state index contributed by atoms with van der Waals surface area (Å²) < 4.78 is 13.3. The van der Waals surface area contributed by atoms with Crippen LogP contribution in [0.4, 0.5) is 10.1 Å². The zero-order valence-corrected chi connectivity index (χ0v) is 9.76. The van der Waals surface area contributed by atoms with E-state index in [1.807, 2.05) is 17.5 Å². The minimum absolute atomic E-state index is 0.0116. The molecule has 2 aromatic rings. The highest BCUT2D eigenvalue weighted by Crippen LogP contribution is 2.38. The maximum atomic E-state index is 13.3. The minimum atomic E-state index is -0.263. The van der Waals surface area contributed by atoms with Gasteiger partial charge >= 0.3 is 0 Å². The van der Waals surface area contributed by atoms with Gasteiger partial charge in [0.05, 0.1) is 0 Å². The van der Waals surface area contributed by atoms with Crippen molar-refractivity contribution < 1.29 is 9.18 Å². The number of nitrogens with one attached hydrogen (secondary N) is 1. The molecular formula is C13H10FNOS. The second-order valence-electron chi connectivity index (χ2n) is 4.05. The molecule has 0 saturated heterocycles. The molecule has 1 N–H and O–H groups in total. The van der Waals surface area contributed by atoms with E-state index in [0.29, 0.717) is 6.42 Å². The largest absolute Gasteiger partial charge is 0.326 e. The van der Waals surface area contributed by atoms with Crippen molar-refractivity contribution in [1.29, 1.82) is 0 Å². The number of carbonyl (C=O) groups excluding carboxylic acids is 1. The molecule has 1 atom stereocenters. The van der Waals surface area contributed by atoms with Crippen molar-refractivity contribution in [2.24, 2.45) is 0 Å². The first-order chi connectivity index (χ1) is 8.24. The Labute approximate surface area is 102 Å². The first-order valence-corrected chi connectivity index (χ1v) is 6.25. The van der Waals surface area contributed by atoms with Gasteiger partial charge in [0.15, 0.2) is 0 Å². The first kappa shape index (κ1) is 10.5. The van der Waals surface area contributed by atoms with Crippen molar-refractivity contribution >= 4 is 22.9 Å². The summed E-state index contributed by atoms with van der Waals surface area (Å²) in [5.74, 6) is -0.293. The number of fused-ring (bicyclic) bond motifs is 1. The number of hydrogen-bond donors (Lipinski definition) is 1.